The minimum absolute atomic E-state index is 0.115. The Morgan fingerprint density at radius 3 is 2.85 bits per heavy atom. The van der Waals surface area contributed by atoms with Gasteiger partial charge < -0.3 is 5.73 Å². The van der Waals surface area contributed by atoms with Crippen molar-refractivity contribution in [3.8, 4) is 0 Å². The molecular formula is C15H19N5. The molecule has 0 saturated heterocycles. The second kappa shape index (κ2) is 5.09. The molecule has 0 aliphatic heterocycles. The van der Waals surface area contributed by atoms with Crippen LogP contribution in [0.4, 0.5) is 0 Å². The van der Waals surface area contributed by atoms with Crippen LogP contribution in [0.25, 0.3) is 10.9 Å². The van der Waals surface area contributed by atoms with Crippen molar-refractivity contribution in [1.82, 2.24) is 19.6 Å². The second-order valence-corrected chi connectivity index (χ2v) is 5.04. The molecule has 0 bridgehead atoms. The monoisotopic (exact) mass is 269 g/mol. The molecule has 5 nitrogen and oxygen atoms in total. The van der Waals surface area contributed by atoms with Gasteiger partial charge in [-0.3, -0.25) is 9.36 Å². The maximum atomic E-state index is 6.34. The molecule has 2 heterocycles. The summed E-state index contributed by atoms with van der Waals surface area (Å²) < 4.78 is 3.80. The lowest BCUT2D eigenvalue weighted by atomic mass is 10.0. The first-order chi connectivity index (χ1) is 9.69. The van der Waals surface area contributed by atoms with E-state index in [-0.39, 0.29) is 6.04 Å². The number of aryl methyl sites for hydroxylation is 2. The summed E-state index contributed by atoms with van der Waals surface area (Å²) in [5.74, 6) is 0. The molecule has 3 rings (SSSR count). The van der Waals surface area contributed by atoms with Crippen LogP contribution in [0.3, 0.4) is 0 Å². The Morgan fingerprint density at radius 2 is 2.10 bits per heavy atom. The van der Waals surface area contributed by atoms with Crippen LogP contribution in [0.2, 0.25) is 0 Å². The molecule has 0 amide bonds. The Hall–Kier alpha value is -2.14. The predicted molar refractivity (Wildman–Crippen MR) is 79.2 cm³/mol. The van der Waals surface area contributed by atoms with Crippen molar-refractivity contribution in [3.63, 3.8) is 0 Å². The van der Waals surface area contributed by atoms with Gasteiger partial charge in [0.15, 0.2) is 0 Å². The molecule has 2 aromatic heterocycles. The number of hydrogen-bond acceptors (Lipinski definition) is 3. The van der Waals surface area contributed by atoms with Gasteiger partial charge in [-0.05, 0) is 25.0 Å². The molecule has 20 heavy (non-hydrogen) atoms. The van der Waals surface area contributed by atoms with E-state index in [0.717, 1.165) is 35.1 Å². The Morgan fingerprint density at radius 1 is 1.30 bits per heavy atom. The topological polar surface area (TPSA) is 61.7 Å². The van der Waals surface area contributed by atoms with Crippen LogP contribution in [0.15, 0.2) is 36.7 Å². The van der Waals surface area contributed by atoms with Gasteiger partial charge in [0.1, 0.15) is 0 Å². The predicted octanol–water partition coefficient (Wildman–Crippen LogP) is 2.03. The largest absolute Gasteiger partial charge is 0.322 e. The average molecular weight is 269 g/mol. The minimum atomic E-state index is -0.115. The van der Waals surface area contributed by atoms with Crippen molar-refractivity contribution in [2.24, 2.45) is 12.8 Å². The number of benzene rings is 1. The highest BCUT2D eigenvalue weighted by Gasteiger charge is 2.16. The molecule has 0 saturated carbocycles. The Kier molecular flexibility index (Phi) is 3.28. The number of nitrogens with two attached hydrogens (primary N) is 1. The summed E-state index contributed by atoms with van der Waals surface area (Å²) in [6, 6.07) is 8.07. The van der Waals surface area contributed by atoms with Crippen molar-refractivity contribution < 1.29 is 0 Å². The molecule has 0 radical (unpaired) electrons. The molecule has 104 valence electrons. The van der Waals surface area contributed by atoms with E-state index in [0.29, 0.717) is 0 Å². The van der Waals surface area contributed by atoms with Gasteiger partial charge in [-0.2, -0.15) is 10.2 Å². The SMILES string of the molecule is CCn1cc(CC(N)c2nn(C)c3ccccc23)cn1. The number of para-hydroxylation sites is 1. The molecule has 2 N–H and O–H groups in total. The van der Waals surface area contributed by atoms with Crippen LogP contribution in [-0.2, 0) is 20.0 Å². The molecule has 0 aliphatic carbocycles. The van der Waals surface area contributed by atoms with Crippen LogP contribution in [0.1, 0.15) is 24.2 Å². The number of fused-ring (bicyclic) bond motifs is 1. The zero-order chi connectivity index (χ0) is 14.1. The minimum Gasteiger partial charge on any atom is -0.322 e. The maximum Gasteiger partial charge on any atom is 0.0873 e. The van der Waals surface area contributed by atoms with Gasteiger partial charge in [0.2, 0.25) is 0 Å². The standard InChI is InChI=1S/C15H19N5/c1-3-20-10-11(9-17-20)8-13(16)15-12-6-4-5-7-14(12)19(2)18-15/h4-7,9-10,13H,3,8,16H2,1-2H3. The van der Waals surface area contributed by atoms with Gasteiger partial charge in [-0.1, -0.05) is 18.2 Å². The van der Waals surface area contributed by atoms with Crippen LogP contribution >= 0.6 is 0 Å². The molecule has 1 atom stereocenters. The fourth-order valence-electron chi connectivity index (χ4n) is 2.55. The molecule has 5 heteroatoms. The van der Waals surface area contributed by atoms with Crippen LogP contribution in [0.5, 0.6) is 0 Å². The van der Waals surface area contributed by atoms with E-state index in [2.05, 4.69) is 29.3 Å². The van der Waals surface area contributed by atoms with Crippen molar-refractivity contribution >= 4 is 10.9 Å². The summed E-state index contributed by atoms with van der Waals surface area (Å²) in [4.78, 5) is 0. The summed E-state index contributed by atoms with van der Waals surface area (Å²) in [6.45, 7) is 2.95. The summed E-state index contributed by atoms with van der Waals surface area (Å²) in [5, 5.41) is 9.99. The first-order valence-corrected chi connectivity index (χ1v) is 6.87. The summed E-state index contributed by atoms with van der Waals surface area (Å²) in [7, 11) is 1.95. The molecule has 0 aliphatic rings. The maximum absolute atomic E-state index is 6.34. The van der Waals surface area contributed by atoms with Crippen LogP contribution in [-0.4, -0.2) is 19.6 Å². The summed E-state index contributed by atoms with van der Waals surface area (Å²) in [5.41, 5.74) is 9.56. The quantitative estimate of drug-likeness (QED) is 0.788. The highest BCUT2D eigenvalue weighted by atomic mass is 15.3. The summed E-state index contributed by atoms with van der Waals surface area (Å²) >= 11 is 0. The zero-order valence-electron chi connectivity index (χ0n) is 11.8. The van der Waals surface area contributed by atoms with E-state index in [1.54, 1.807) is 0 Å². The van der Waals surface area contributed by atoms with Gasteiger partial charge in [-0.15, -0.1) is 0 Å². The third-order valence-electron chi connectivity index (χ3n) is 3.60. The normalized spacial score (nSPS) is 12.9. The van der Waals surface area contributed by atoms with Crippen molar-refractivity contribution in [2.75, 3.05) is 0 Å². The van der Waals surface area contributed by atoms with Gasteiger partial charge in [0.05, 0.1) is 23.4 Å². The third-order valence-corrected chi connectivity index (χ3v) is 3.60. The van der Waals surface area contributed by atoms with E-state index in [4.69, 9.17) is 5.73 Å². The van der Waals surface area contributed by atoms with E-state index in [1.807, 2.05) is 40.9 Å². The Balaban J connectivity index is 1.90. The van der Waals surface area contributed by atoms with Gasteiger partial charge in [0, 0.05) is 25.2 Å². The molecular weight excluding hydrogens is 250 g/mol. The highest BCUT2D eigenvalue weighted by molar-refractivity contribution is 5.82. The Bertz CT molecular complexity index is 725. The average Bonchev–Trinajstić information content (AvgIpc) is 3.04. The van der Waals surface area contributed by atoms with Gasteiger partial charge in [0.25, 0.3) is 0 Å². The van der Waals surface area contributed by atoms with E-state index in [9.17, 15) is 0 Å². The fraction of sp³-hybridized carbons (Fsp3) is 0.333. The van der Waals surface area contributed by atoms with Crippen molar-refractivity contribution in [1.29, 1.82) is 0 Å². The summed E-state index contributed by atoms with van der Waals surface area (Å²) in [6.07, 6.45) is 4.68. The van der Waals surface area contributed by atoms with E-state index >= 15 is 0 Å². The van der Waals surface area contributed by atoms with Crippen LogP contribution < -0.4 is 5.73 Å². The Labute approximate surface area is 118 Å². The zero-order valence-corrected chi connectivity index (χ0v) is 11.8. The third kappa shape index (κ3) is 2.20. The first-order valence-electron chi connectivity index (χ1n) is 6.87. The first kappa shape index (κ1) is 12.9. The second-order valence-electron chi connectivity index (χ2n) is 5.04. The van der Waals surface area contributed by atoms with Crippen molar-refractivity contribution in [3.05, 3.63) is 47.9 Å². The lowest BCUT2D eigenvalue weighted by molar-refractivity contribution is 0.652. The van der Waals surface area contributed by atoms with Crippen molar-refractivity contribution in [2.45, 2.75) is 25.9 Å². The number of nitrogens with zero attached hydrogens (tertiary/aromatic N) is 4. The molecule has 1 unspecified atom stereocenters. The van der Waals surface area contributed by atoms with Gasteiger partial charge >= 0.3 is 0 Å². The molecule has 1 aromatic carbocycles. The molecule has 0 spiro atoms. The smallest absolute Gasteiger partial charge is 0.0873 e. The molecule has 3 aromatic rings. The highest BCUT2D eigenvalue weighted by Crippen LogP contribution is 2.24. The van der Waals surface area contributed by atoms with Crippen LogP contribution in [0, 0.1) is 0 Å². The van der Waals surface area contributed by atoms with Gasteiger partial charge in [-0.25, -0.2) is 0 Å². The number of aromatic nitrogens is 4. The van der Waals surface area contributed by atoms with E-state index < -0.39 is 0 Å². The fourth-order valence-corrected chi connectivity index (χ4v) is 2.55. The molecule has 0 fully saturated rings. The van der Waals surface area contributed by atoms with E-state index in [1.165, 1.54) is 0 Å². The lowest BCUT2D eigenvalue weighted by Crippen LogP contribution is -2.14. The number of hydrogen-bond donors (Lipinski definition) is 1. The number of rotatable bonds is 4. The lowest BCUT2D eigenvalue weighted by Gasteiger charge is -2.07.